The van der Waals surface area contributed by atoms with Crippen LogP contribution in [0.3, 0.4) is 0 Å². The molecule has 0 radical (unpaired) electrons. The molecule has 6 heteroatoms. The zero-order valence-electron chi connectivity index (χ0n) is 22.6. The molecule has 0 unspecified atom stereocenters. The molecule has 0 aliphatic rings. The zero-order chi connectivity index (χ0) is 26.2. The van der Waals surface area contributed by atoms with E-state index in [-0.39, 0.29) is 12.4 Å². The Morgan fingerprint density at radius 2 is 1.61 bits per heavy atom. The number of carbonyl (C=O) groups excluding carboxylic acids is 1. The first-order chi connectivity index (χ1) is 17.5. The average molecular weight is 516 g/mol. The molecule has 5 nitrogen and oxygen atoms in total. The van der Waals surface area contributed by atoms with Crippen molar-refractivity contribution in [1.82, 2.24) is 0 Å². The molecule has 0 amide bonds. The Morgan fingerprint density at radius 3 is 2.28 bits per heavy atom. The number of unbranched alkanes of at least 4 members (excludes halogenated alkanes) is 2. The normalized spacial score (nSPS) is 11.0. The molecule has 2 aromatic rings. The van der Waals surface area contributed by atoms with E-state index in [1.54, 1.807) is 14.0 Å². The van der Waals surface area contributed by atoms with E-state index < -0.39 is 0 Å². The summed E-state index contributed by atoms with van der Waals surface area (Å²) >= 11 is 1.93. The van der Waals surface area contributed by atoms with Crippen molar-refractivity contribution < 1.29 is 19.0 Å². The van der Waals surface area contributed by atoms with Crippen LogP contribution in [0.15, 0.2) is 36.4 Å². The van der Waals surface area contributed by atoms with Crippen molar-refractivity contribution >= 4 is 23.4 Å². The van der Waals surface area contributed by atoms with Crippen LogP contribution in [-0.2, 0) is 21.7 Å². The molecule has 36 heavy (non-hydrogen) atoms. The maximum absolute atomic E-state index is 11.9. The Labute approximate surface area is 222 Å². The molecule has 0 aliphatic heterocycles. The van der Waals surface area contributed by atoms with E-state index in [9.17, 15) is 4.79 Å². The van der Waals surface area contributed by atoms with Gasteiger partial charge in [0.1, 0.15) is 5.75 Å². The van der Waals surface area contributed by atoms with Crippen LogP contribution in [0.4, 0.5) is 5.69 Å². The predicted molar refractivity (Wildman–Crippen MR) is 152 cm³/mol. The average Bonchev–Trinajstić information content (AvgIpc) is 2.86. The van der Waals surface area contributed by atoms with Crippen LogP contribution in [0.2, 0.25) is 0 Å². The maximum atomic E-state index is 11.9. The predicted octanol–water partition coefficient (Wildman–Crippen LogP) is 8.19. The quantitative estimate of drug-likeness (QED) is 0.123. The van der Waals surface area contributed by atoms with Gasteiger partial charge < -0.3 is 19.9 Å². The van der Waals surface area contributed by atoms with Gasteiger partial charge in [-0.05, 0) is 67.3 Å². The van der Waals surface area contributed by atoms with E-state index in [0.29, 0.717) is 18.1 Å². The number of ether oxygens (including phenoxy) is 3. The number of anilines is 1. The van der Waals surface area contributed by atoms with Gasteiger partial charge in [0.15, 0.2) is 11.5 Å². The minimum Gasteiger partial charge on any atom is -0.493 e. The third-order valence-electron chi connectivity index (χ3n) is 6.28. The van der Waals surface area contributed by atoms with Gasteiger partial charge in [-0.2, -0.15) is 11.8 Å². The highest BCUT2D eigenvalue weighted by Gasteiger charge is 2.14. The Hall–Kier alpha value is -2.34. The van der Waals surface area contributed by atoms with Crippen LogP contribution in [0.25, 0.3) is 0 Å². The fourth-order valence-electron chi connectivity index (χ4n) is 4.29. The number of thioether (sulfide) groups is 1. The van der Waals surface area contributed by atoms with Gasteiger partial charge in [0.25, 0.3) is 0 Å². The van der Waals surface area contributed by atoms with Crippen molar-refractivity contribution in [3.8, 4) is 17.2 Å². The fourth-order valence-corrected chi connectivity index (χ4v) is 5.26. The standard InChI is InChI=1S/C30H45NO4S/c1-5-8-11-23(12-9-6-2)13-10-18-36-22-25-21-26(31)15-17-27(25)35-29-19-24(14-16-28(29)33-4)20-30(32)34-7-3/h14-17,19,21,23H,5-13,18,20,22,31H2,1-4H3. The van der Waals surface area contributed by atoms with Crippen LogP contribution in [0, 0.1) is 5.92 Å². The molecule has 2 N–H and O–H groups in total. The van der Waals surface area contributed by atoms with Crippen LogP contribution in [0.5, 0.6) is 17.2 Å². The van der Waals surface area contributed by atoms with Crippen molar-refractivity contribution in [2.45, 2.75) is 84.3 Å². The molecule has 2 rings (SSSR count). The number of esters is 1. The van der Waals surface area contributed by atoms with Gasteiger partial charge in [0.05, 0.1) is 20.1 Å². The molecule has 200 valence electrons. The number of rotatable bonds is 18. The number of nitrogens with two attached hydrogens (primary N) is 1. The highest BCUT2D eigenvalue weighted by Crippen LogP contribution is 2.36. The maximum Gasteiger partial charge on any atom is 0.310 e. The van der Waals surface area contributed by atoms with E-state index in [4.69, 9.17) is 19.9 Å². The van der Waals surface area contributed by atoms with Crippen molar-refractivity contribution in [3.63, 3.8) is 0 Å². The Kier molecular flexibility index (Phi) is 14.3. The number of hydrogen-bond donors (Lipinski definition) is 1. The number of benzene rings is 2. The molecule has 0 bridgehead atoms. The third-order valence-corrected chi connectivity index (χ3v) is 7.37. The minimum atomic E-state index is -0.259. The Bertz CT molecular complexity index is 910. The summed E-state index contributed by atoms with van der Waals surface area (Å²) in [7, 11) is 1.61. The second kappa shape index (κ2) is 17.2. The van der Waals surface area contributed by atoms with E-state index >= 15 is 0 Å². The second-order valence-corrected chi connectivity index (χ2v) is 10.4. The molecular formula is C30H45NO4S. The summed E-state index contributed by atoms with van der Waals surface area (Å²) in [4.78, 5) is 11.9. The largest absolute Gasteiger partial charge is 0.493 e. The van der Waals surface area contributed by atoms with Gasteiger partial charge in [0, 0.05) is 17.0 Å². The SMILES string of the molecule is CCCCC(CCCC)CCCSCc1cc(N)ccc1Oc1cc(CC(=O)OCC)ccc1OC. The monoisotopic (exact) mass is 515 g/mol. The Balaban J connectivity index is 2.01. The molecule has 0 atom stereocenters. The van der Waals surface area contributed by atoms with Gasteiger partial charge >= 0.3 is 5.97 Å². The van der Waals surface area contributed by atoms with Crippen LogP contribution in [0.1, 0.15) is 83.3 Å². The van der Waals surface area contributed by atoms with Crippen LogP contribution >= 0.6 is 11.8 Å². The summed E-state index contributed by atoms with van der Waals surface area (Å²) in [6.45, 7) is 6.73. The molecule has 0 aliphatic carbocycles. The molecule has 0 heterocycles. The van der Waals surface area contributed by atoms with E-state index in [2.05, 4.69) is 13.8 Å². The van der Waals surface area contributed by atoms with Crippen molar-refractivity contribution in [1.29, 1.82) is 0 Å². The molecule has 0 spiro atoms. The lowest BCUT2D eigenvalue weighted by Gasteiger charge is -2.17. The lowest BCUT2D eigenvalue weighted by atomic mass is 9.92. The summed E-state index contributed by atoms with van der Waals surface area (Å²) < 4.78 is 16.9. The first-order valence-electron chi connectivity index (χ1n) is 13.5. The smallest absolute Gasteiger partial charge is 0.310 e. The summed E-state index contributed by atoms with van der Waals surface area (Å²) in [6.07, 6.45) is 10.7. The van der Waals surface area contributed by atoms with Gasteiger partial charge in [0.2, 0.25) is 0 Å². The fraction of sp³-hybridized carbons (Fsp3) is 0.567. The highest BCUT2D eigenvalue weighted by molar-refractivity contribution is 7.98. The zero-order valence-corrected chi connectivity index (χ0v) is 23.5. The second-order valence-electron chi connectivity index (χ2n) is 9.28. The van der Waals surface area contributed by atoms with E-state index in [1.807, 2.05) is 48.2 Å². The highest BCUT2D eigenvalue weighted by atomic mass is 32.2. The van der Waals surface area contributed by atoms with Crippen molar-refractivity contribution in [3.05, 3.63) is 47.5 Å². The van der Waals surface area contributed by atoms with Crippen LogP contribution < -0.4 is 15.2 Å². The number of carbonyl (C=O) groups is 1. The lowest BCUT2D eigenvalue weighted by Crippen LogP contribution is -2.07. The summed E-state index contributed by atoms with van der Waals surface area (Å²) in [6, 6.07) is 11.3. The molecule has 0 fully saturated rings. The molecule has 0 saturated heterocycles. The van der Waals surface area contributed by atoms with Crippen LogP contribution in [-0.4, -0.2) is 25.4 Å². The van der Waals surface area contributed by atoms with Crippen molar-refractivity contribution in [2.75, 3.05) is 25.2 Å². The Morgan fingerprint density at radius 1 is 0.917 bits per heavy atom. The third kappa shape index (κ3) is 10.7. The molecule has 2 aromatic carbocycles. The minimum absolute atomic E-state index is 0.191. The summed E-state index contributed by atoms with van der Waals surface area (Å²) in [5.74, 6) is 4.51. The number of methoxy groups -OCH3 is 1. The molecular weight excluding hydrogens is 470 g/mol. The van der Waals surface area contributed by atoms with E-state index in [1.165, 1.54) is 51.4 Å². The molecule has 0 saturated carbocycles. The van der Waals surface area contributed by atoms with Gasteiger partial charge in [-0.1, -0.05) is 58.4 Å². The first kappa shape index (κ1) is 29.9. The van der Waals surface area contributed by atoms with Gasteiger partial charge in [-0.15, -0.1) is 0 Å². The number of hydrogen-bond acceptors (Lipinski definition) is 6. The summed E-state index contributed by atoms with van der Waals surface area (Å²) in [5.41, 5.74) is 8.71. The van der Waals surface area contributed by atoms with Gasteiger partial charge in [-0.25, -0.2) is 0 Å². The first-order valence-corrected chi connectivity index (χ1v) is 14.6. The topological polar surface area (TPSA) is 70.8 Å². The lowest BCUT2D eigenvalue weighted by molar-refractivity contribution is -0.142. The van der Waals surface area contributed by atoms with E-state index in [0.717, 1.165) is 40.0 Å². The van der Waals surface area contributed by atoms with Gasteiger partial charge in [-0.3, -0.25) is 4.79 Å². The number of nitrogen functional groups attached to an aromatic ring is 1. The molecule has 0 aromatic heterocycles. The summed E-state index contributed by atoms with van der Waals surface area (Å²) in [5, 5.41) is 0. The van der Waals surface area contributed by atoms with Crippen molar-refractivity contribution in [2.24, 2.45) is 5.92 Å².